The number of hydrogen-bond acceptors (Lipinski definition) is 0. The van der Waals surface area contributed by atoms with Crippen molar-refractivity contribution in [1.29, 1.82) is 0 Å². The highest BCUT2D eigenvalue weighted by Crippen LogP contribution is 1.94. The molecule has 0 fully saturated rings. The van der Waals surface area contributed by atoms with E-state index in [1.54, 1.807) is 0 Å². The van der Waals surface area contributed by atoms with E-state index in [0.29, 0.717) is 0 Å². The van der Waals surface area contributed by atoms with Crippen LogP contribution in [0, 0.1) is 0 Å². The first-order chi connectivity index (χ1) is 4.43. The summed E-state index contributed by atoms with van der Waals surface area (Å²) in [6, 6.07) is 10.4. The second-order valence-electron chi connectivity index (χ2n) is 2.02. The molecule has 0 atom stereocenters. The van der Waals surface area contributed by atoms with Crippen molar-refractivity contribution < 1.29 is 29.3 Å². The summed E-state index contributed by atoms with van der Waals surface area (Å²) in [6.45, 7) is 3.26. The molecule has 10 heavy (non-hydrogen) atoms. The topological polar surface area (TPSA) is 16.6 Å². The van der Waals surface area contributed by atoms with Gasteiger partial charge in [-0.1, -0.05) is 18.2 Å². The molecule has 0 heterocycles. The van der Waals surface area contributed by atoms with E-state index in [-0.39, 0.29) is 24.0 Å². The Morgan fingerprint density at radius 2 is 1.80 bits per heavy atom. The Labute approximate surface area is 78.9 Å². The van der Waals surface area contributed by atoms with Crippen molar-refractivity contribution in [1.82, 2.24) is 0 Å². The van der Waals surface area contributed by atoms with Gasteiger partial charge in [-0.2, -0.15) is 0 Å². The van der Waals surface area contributed by atoms with Crippen LogP contribution < -0.4 is 29.3 Å². The SMILES string of the molecule is CC[NH2+]c1ccccc1.[I-]. The van der Waals surface area contributed by atoms with Crippen molar-refractivity contribution >= 4 is 5.69 Å². The molecule has 2 heteroatoms. The maximum absolute atomic E-state index is 2.21. The highest BCUT2D eigenvalue weighted by Gasteiger charge is 1.87. The van der Waals surface area contributed by atoms with E-state index in [0.717, 1.165) is 6.54 Å². The van der Waals surface area contributed by atoms with Crippen LogP contribution in [0.3, 0.4) is 0 Å². The Kier molecular flexibility index (Phi) is 5.63. The molecule has 0 amide bonds. The number of nitrogens with two attached hydrogens (primary N) is 1. The number of hydrogen-bond donors (Lipinski definition) is 1. The van der Waals surface area contributed by atoms with Gasteiger partial charge in [0.15, 0.2) is 0 Å². The lowest BCUT2D eigenvalue weighted by Gasteiger charge is -1.93. The minimum atomic E-state index is 0. The lowest BCUT2D eigenvalue weighted by atomic mass is 10.3. The fourth-order valence-corrected chi connectivity index (χ4v) is 0.825. The molecule has 0 bridgehead atoms. The standard InChI is InChI=1S/C8H11N.HI/c1-2-9-8-6-4-3-5-7-8;/h3-7,9H,2H2,1H3;1H. The predicted molar refractivity (Wildman–Crippen MR) is 38.6 cm³/mol. The molecule has 1 aromatic rings. The predicted octanol–water partition coefficient (Wildman–Crippen LogP) is -2.09. The molecule has 2 N–H and O–H groups in total. The van der Waals surface area contributed by atoms with Crippen molar-refractivity contribution in [2.45, 2.75) is 6.92 Å². The normalized spacial score (nSPS) is 8.50. The maximum Gasteiger partial charge on any atom is 0.129 e. The van der Waals surface area contributed by atoms with Crippen LogP contribution in [0.5, 0.6) is 0 Å². The van der Waals surface area contributed by atoms with Crippen LogP contribution in [0.4, 0.5) is 5.69 Å². The minimum absolute atomic E-state index is 0. The number of para-hydroxylation sites is 1. The summed E-state index contributed by atoms with van der Waals surface area (Å²) < 4.78 is 0. The zero-order chi connectivity index (χ0) is 6.53. The number of rotatable bonds is 2. The van der Waals surface area contributed by atoms with Crippen molar-refractivity contribution in [3.05, 3.63) is 30.3 Å². The molecule has 0 saturated carbocycles. The van der Waals surface area contributed by atoms with E-state index in [1.165, 1.54) is 5.69 Å². The quantitative estimate of drug-likeness (QED) is 0.457. The maximum atomic E-state index is 2.21. The molecule has 1 aromatic carbocycles. The third-order valence-electron chi connectivity index (χ3n) is 1.24. The molecule has 0 saturated heterocycles. The smallest absolute Gasteiger partial charge is 0.129 e. The third kappa shape index (κ3) is 3.17. The van der Waals surface area contributed by atoms with Crippen LogP contribution in [0.25, 0.3) is 0 Å². The summed E-state index contributed by atoms with van der Waals surface area (Å²) in [6.07, 6.45) is 0. The van der Waals surface area contributed by atoms with Crippen LogP contribution >= 0.6 is 0 Å². The lowest BCUT2D eigenvalue weighted by Crippen LogP contribution is -3.00. The van der Waals surface area contributed by atoms with Gasteiger partial charge in [0, 0.05) is 0 Å². The molecule has 56 valence electrons. The van der Waals surface area contributed by atoms with Gasteiger partial charge in [-0.3, -0.25) is 0 Å². The van der Waals surface area contributed by atoms with Crippen molar-refractivity contribution in [3.63, 3.8) is 0 Å². The summed E-state index contributed by atoms with van der Waals surface area (Å²) in [4.78, 5) is 0. The van der Waals surface area contributed by atoms with Crippen LogP contribution in [0.2, 0.25) is 0 Å². The lowest BCUT2D eigenvalue weighted by molar-refractivity contribution is -0.567. The third-order valence-corrected chi connectivity index (χ3v) is 1.24. The van der Waals surface area contributed by atoms with Gasteiger partial charge in [-0.05, 0) is 19.1 Å². The minimum Gasteiger partial charge on any atom is -1.00 e. The Hall–Kier alpha value is -0.0900. The summed E-state index contributed by atoms with van der Waals surface area (Å²) in [7, 11) is 0. The van der Waals surface area contributed by atoms with Gasteiger partial charge >= 0.3 is 0 Å². The number of quaternary nitrogens is 1. The molecule has 0 aliphatic rings. The Bertz CT molecular complexity index is 162. The van der Waals surface area contributed by atoms with Crippen molar-refractivity contribution in [2.75, 3.05) is 6.54 Å². The first-order valence-electron chi connectivity index (χ1n) is 3.31. The second-order valence-corrected chi connectivity index (χ2v) is 2.02. The van der Waals surface area contributed by atoms with E-state index in [9.17, 15) is 0 Å². The fourth-order valence-electron chi connectivity index (χ4n) is 0.825. The van der Waals surface area contributed by atoms with E-state index < -0.39 is 0 Å². The zero-order valence-corrected chi connectivity index (χ0v) is 8.21. The van der Waals surface area contributed by atoms with Gasteiger partial charge in [0.25, 0.3) is 0 Å². The van der Waals surface area contributed by atoms with Crippen LogP contribution in [-0.2, 0) is 0 Å². The van der Waals surface area contributed by atoms with E-state index in [4.69, 9.17) is 0 Å². The average molecular weight is 249 g/mol. The van der Waals surface area contributed by atoms with Gasteiger partial charge in [0.1, 0.15) is 5.69 Å². The molecule has 0 aliphatic heterocycles. The molecule has 1 rings (SSSR count). The van der Waals surface area contributed by atoms with Crippen LogP contribution in [0.15, 0.2) is 30.3 Å². The van der Waals surface area contributed by atoms with Crippen LogP contribution in [-0.4, -0.2) is 6.54 Å². The monoisotopic (exact) mass is 249 g/mol. The summed E-state index contributed by atoms with van der Waals surface area (Å²) in [5.41, 5.74) is 1.32. The average Bonchev–Trinajstić information content (AvgIpc) is 1.91. The summed E-state index contributed by atoms with van der Waals surface area (Å²) in [5.74, 6) is 0. The highest BCUT2D eigenvalue weighted by atomic mass is 127. The molecule has 0 unspecified atom stereocenters. The highest BCUT2D eigenvalue weighted by molar-refractivity contribution is 5.26. The Morgan fingerprint density at radius 1 is 1.20 bits per heavy atom. The van der Waals surface area contributed by atoms with Gasteiger partial charge in [0.05, 0.1) is 6.54 Å². The zero-order valence-electron chi connectivity index (χ0n) is 6.05. The van der Waals surface area contributed by atoms with Gasteiger partial charge in [-0.25, -0.2) is 0 Å². The van der Waals surface area contributed by atoms with Gasteiger partial charge in [0.2, 0.25) is 0 Å². The molecule has 0 aliphatic carbocycles. The molecular formula is C8H12IN. The molecule has 0 radical (unpaired) electrons. The molecule has 0 spiro atoms. The molecular weight excluding hydrogens is 237 g/mol. The van der Waals surface area contributed by atoms with Crippen molar-refractivity contribution in [2.24, 2.45) is 0 Å². The number of benzene rings is 1. The van der Waals surface area contributed by atoms with Gasteiger partial charge in [-0.15, -0.1) is 0 Å². The van der Waals surface area contributed by atoms with Crippen LogP contribution in [0.1, 0.15) is 6.92 Å². The van der Waals surface area contributed by atoms with E-state index >= 15 is 0 Å². The second kappa shape index (κ2) is 5.68. The number of halogens is 1. The van der Waals surface area contributed by atoms with E-state index in [1.807, 2.05) is 6.07 Å². The van der Waals surface area contributed by atoms with E-state index in [2.05, 4.69) is 36.5 Å². The summed E-state index contributed by atoms with van der Waals surface area (Å²) in [5, 5.41) is 2.21. The first kappa shape index (κ1) is 9.91. The van der Waals surface area contributed by atoms with Gasteiger partial charge < -0.3 is 29.3 Å². The largest absolute Gasteiger partial charge is 1.00 e. The fraction of sp³-hybridized carbons (Fsp3) is 0.250. The summed E-state index contributed by atoms with van der Waals surface area (Å²) >= 11 is 0. The Balaban J connectivity index is 0.000000810. The molecule has 1 nitrogen and oxygen atoms in total. The molecule has 0 aromatic heterocycles. The Morgan fingerprint density at radius 3 is 2.30 bits per heavy atom. The first-order valence-corrected chi connectivity index (χ1v) is 3.31. The van der Waals surface area contributed by atoms with Crippen molar-refractivity contribution in [3.8, 4) is 0 Å².